The minimum atomic E-state index is -0.0936. The number of benzene rings is 1. The number of fused-ring (bicyclic) bond motifs is 1. The monoisotopic (exact) mass is 247 g/mol. The highest BCUT2D eigenvalue weighted by atomic mass is 16.7. The fourth-order valence-corrected chi connectivity index (χ4v) is 2.20. The number of likely N-dealkylation sites (tertiary alicyclic amines) is 1. The molecule has 5 nitrogen and oxygen atoms in total. The number of hydrogen-bond donors (Lipinski definition) is 0. The molecule has 0 aliphatic carbocycles. The fraction of sp³-hybridized carbons (Fsp3) is 0.385. The summed E-state index contributed by atoms with van der Waals surface area (Å²) in [4.78, 5) is 24.7. The zero-order valence-electron chi connectivity index (χ0n) is 9.85. The Morgan fingerprint density at radius 2 is 1.78 bits per heavy atom. The van der Waals surface area contributed by atoms with E-state index in [2.05, 4.69) is 0 Å². The van der Waals surface area contributed by atoms with Crippen molar-refractivity contribution in [2.75, 3.05) is 6.79 Å². The van der Waals surface area contributed by atoms with Gasteiger partial charge in [0.05, 0.1) is 6.54 Å². The highest BCUT2D eigenvalue weighted by Crippen LogP contribution is 2.33. The molecule has 1 aromatic rings. The van der Waals surface area contributed by atoms with E-state index in [0.29, 0.717) is 37.3 Å². The third kappa shape index (κ3) is 1.92. The van der Waals surface area contributed by atoms with Crippen LogP contribution in [0, 0.1) is 0 Å². The number of carbonyl (C=O) groups is 2. The SMILES string of the molecule is O=C1CCCC(=O)N1Cc1ccc2c(c1)OCO2. The van der Waals surface area contributed by atoms with E-state index in [1.165, 1.54) is 4.90 Å². The first-order chi connectivity index (χ1) is 8.74. The molecule has 0 atom stereocenters. The van der Waals surface area contributed by atoms with E-state index in [9.17, 15) is 9.59 Å². The zero-order chi connectivity index (χ0) is 12.5. The molecule has 2 aliphatic heterocycles. The average Bonchev–Trinajstić information content (AvgIpc) is 2.81. The van der Waals surface area contributed by atoms with Crippen molar-refractivity contribution in [2.45, 2.75) is 25.8 Å². The highest BCUT2D eigenvalue weighted by molar-refractivity contribution is 5.97. The van der Waals surface area contributed by atoms with E-state index in [4.69, 9.17) is 9.47 Å². The topological polar surface area (TPSA) is 55.8 Å². The molecule has 18 heavy (non-hydrogen) atoms. The Morgan fingerprint density at radius 3 is 2.56 bits per heavy atom. The van der Waals surface area contributed by atoms with Crippen LogP contribution in [0.1, 0.15) is 24.8 Å². The lowest BCUT2D eigenvalue weighted by Crippen LogP contribution is -2.39. The van der Waals surface area contributed by atoms with Crippen molar-refractivity contribution in [3.63, 3.8) is 0 Å². The van der Waals surface area contributed by atoms with Crippen LogP contribution in [0.4, 0.5) is 0 Å². The molecule has 0 bridgehead atoms. The quantitative estimate of drug-likeness (QED) is 0.742. The summed E-state index contributed by atoms with van der Waals surface area (Å²) in [5.74, 6) is 1.19. The number of rotatable bonds is 2. The Labute approximate surface area is 104 Å². The first-order valence-electron chi connectivity index (χ1n) is 5.96. The maximum absolute atomic E-state index is 11.7. The van der Waals surface area contributed by atoms with Gasteiger partial charge in [-0.3, -0.25) is 14.5 Å². The van der Waals surface area contributed by atoms with E-state index < -0.39 is 0 Å². The van der Waals surface area contributed by atoms with E-state index >= 15 is 0 Å². The van der Waals surface area contributed by atoms with Crippen molar-refractivity contribution >= 4 is 11.8 Å². The van der Waals surface area contributed by atoms with Crippen molar-refractivity contribution in [1.29, 1.82) is 0 Å². The summed E-state index contributed by atoms with van der Waals surface area (Å²) in [6.07, 6.45) is 1.57. The standard InChI is InChI=1S/C13H13NO4/c15-12-2-1-3-13(16)14(12)7-9-4-5-10-11(6-9)18-8-17-10/h4-6H,1-3,7-8H2. The minimum Gasteiger partial charge on any atom is -0.454 e. The van der Waals surface area contributed by atoms with Crippen LogP contribution >= 0.6 is 0 Å². The molecule has 2 amide bonds. The van der Waals surface area contributed by atoms with Crippen LogP contribution in [0.2, 0.25) is 0 Å². The van der Waals surface area contributed by atoms with Gasteiger partial charge in [0, 0.05) is 12.8 Å². The van der Waals surface area contributed by atoms with Crippen molar-refractivity contribution < 1.29 is 19.1 Å². The third-order valence-corrected chi connectivity index (χ3v) is 3.16. The summed E-state index contributed by atoms with van der Waals surface area (Å²) in [5, 5.41) is 0. The molecular formula is C13H13NO4. The lowest BCUT2D eigenvalue weighted by atomic mass is 10.1. The van der Waals surface area contributed by atoms with Crippen LogP contribution in [0.5, 0.6) is 11.5 Å². The van der Waals surface area contributed by atoms with Gasteiger partial charge in [-0.2, -0.15) is 0 Å². The molecule has 0 saturated carbocycles. The molecule has 0 N–H and O–H groups in total. The number of hydrogen-bond acceptors (Lipinski definition) is 4. The maximum Gasteiger partial charge on any atom is 0.231 e. The lowest BCUT2D eigenvalue weighted by molar-refractivity contribution is -0.148. The number of nitrogens with zero attached hydrogens (tertiary/aromatic N) is 1. The fourth-order valence-electron chi connectivity index (χ4n) is 2.20. The predicted molar refractivity (Wildman–Crippen MR) is 62.0 cm³/mol. The molecule has 2 aliphatic rings. The predicted octanol–water partition coefficient (Wildman–Crippen LogP) is 1.45. The van der Waals surface area contributed by atoms with Crippen molar-refractivity contribution in [3.8, 4) is 11.5 Å². The summed E-state index contributed by atoms with van der Waals surface area (Å²) in [6.45, 7) is 0.536. The van der Waals surface area contributed by atoms with Gasteiger partial charge in [0.1, 0.15) is 0 Å². The van der Waals surface area contributed by atoms with Crippen LogP contribution in [-0.2, 0) is 16.1 Å². The van der Waals surface area contributed by atoms with Gasteiger partial charge in [0.2, 0.25) is 18.6 Å². The number of imide groups is 1. The number of ether oxygens (including phenoxy) is 2. The molecule has 1 aromatic carbocycles. The Kier molecular flexibility index (Phi) is 2.66. The van der Waals surface area contributed by atoms with Gasteiger partial charge in [0.15, 0.2) is 11.5 Å². The van der Waals surface area contributed by atoms with Crippen molar-refractivity contribution in [2.24, 2.45) is 0 Å². The van der Waals surface area contributed by atoms with Gasteiger partial charge in [0.25, 0.3) is 0 Å². The highest BCUT2D eigenvalue weighted by Gasteiger charge is 2.26. The number of piperidine rings is 1. The largest absolute Gasteiger partial charge is 0.454 e. The summed E-state index contributed by atoms with van der Waals surface area (Å²) in [5.41, 5.74) is 0.878. The molecule has 1 saturated heterocycles. The average molecular weight is 247 g/mol. The normalized spacial score (nSPS) is 18.3. The van der Waals surface area contributed by atoms with E-state index in [1.54, 1.807) is 6.07 Å². The smallest absolute Gasteiger partial charge is 0.231 e. The van der Waals surface area contributed by atoms with Crippen molar-refractivity contribution in [3.05, 3.63) is 23.8 Å². The Balaban J connectivity index is 1.79. The zero-order valence-corrected chi connectivity index (χ0v) is 9.85. The lowest BCUT2D eigenvalue weighted by Gasteiger charge is -2.24. The van der Waals surface area contributed by atoms with Gasteiger partial charge < -0.3 is 9.47 Å². The van der Waals surface area contributed by atoms with E-state index in [0.717, 1.165) is 5.56 Å². The van der Waals surface area contributed by atoms with E-state index in [-0.39, 0.29) is 18.6 Å². The molecule has 0 aromatic heterocycles. The maximum atomic E-state index is 11.7. The molecule has 0 unspecified atom stereocenters. The summed E-state index contributed by atoms with van der Waals surface area (Å²) in [7, 11) is 0. The molecular weight excluding hydrogens is 234 g/mol. The minimum absolute atomic E-state index is 0.0936. The molecule has 0 spiro atoms. The third-order valence-electron chi connectivity index (χ3n) is 3.16. The molecule has 1 fully saturated rings. The van der Waals surface area contributed by atoms with Gasteiger partial charge in [-0.25, -0.2) is 0 Å². The van der Waals surface area contributed by atoms with Gasteiger partial charge in [-0.1, -0.05) is 6.07 Å². The van der Waals surface area contributed by atoms with E-state index in [1.807, 2.05) is 12.1 Å². The van der Waals surface area contributed by atoms with Gasteiger partial charge in [-0.05, 0) is 24.1 Å². The summed E-state index contributed by atoms with van der Waals surface area (Å²) >= 11 is 0. The van der Waals surface area contributed by atoms with Crippen LogP contribution in [0.25, 0.3) is 0 Å². The van der Waals surface area contributed by atoms with Crippen LogP contribution in [0.3, 0.4) is 0 Å². The Hall–Kier alpha value is -2.04. The Morgan fingerprint density at radius 1 is 1.06 bits per heavy atom. The Bertz CT molecular complexity index is 496. The molecule has 5 heteroatoms. The second-order valence-electron chi connectivity index (χ2n) is 4.41. The molecule has 3 rings (SSSR count). The molecule has 94 valence electrons. The van der Waals surface area contributed by atoms with Crippen molar-refractivity contribution in [1.82, 2.24) is 4.90 Å². The van der Waals surface area contributed by atoms with Crippen LogP contribution in [0.15, 0.2) is 18.2 Å². The first-order valence-corrected chi connectivity index (χ1v) is 5.96. The van der Waals surface area contributed by atoms with Crippen LogP contribution in [-0.4, -0.2) is 23.5 Å². The second-order valence-corrected chi connectivity index (χ2v) is 4.41. The second kappa shape index (κ2) is 4.33. The van der Waals surface area contributed by atoms with Gasteiger partial charge in [-0.15, -0.1) is 0 Å². The molecule has 2 heterocycles. The molecule has 0 radical (unpaired) electrons. The summed E-state index contributed by atoms with van der Waals surface area (Å²) < 4.78 is 10.5. The summed E-state index contributed by atoms with van der Waals surface area (Å²) in [6, 6.07) is 5.47. The van der Waals surface area contributed by atoms with Crippen LogP contribution < -0.4 is 9.47 Å². The number of amides is 2. The van der Waals surface area contributed by atoms with Gasteiger partial charge >= 0.3 is 0 Å². The first kappa shape index (κ1) is 11.1. The number of carbonyl (C=O) groups excluding carboxylic acids is 2.